The van der Waals surface area contributed by atoms with Crippen LogP contribution in [0.2, 0.25) is 0 Å². The number of aromatic nitrogens is 2. The summed E-state index contributed by atoms with van der Waals surface area (Å²) in [5.41, 5.74) is 1.78. The number of hydrogen-bond acceptors (Lipinski definition) is 5. The molecule has 1 N–H and O–H groups in total. The molecule has 1 aromatic heterocycles. The monoisotopic (exact) mass is 428 g/mol. The number of amides is 1. The summed E-state index contributed by atoms with van der Waals surface area (Å²) in [6, 6.07) is 0.519. The summed E-state index contributed by atoms with van der Waals surface area (Å²) < 4.78 is 5.81. The number of piperidine rings is 1. The fourth-order valence-corrected chi connectivity index (χ4v) is 6.01. The second kappa shape index (κ2) is 9.41. The molecular weight excluding hydrogens is 392 g/mol. The van der Waals surface area contributed by atoms with E-state index >= 15 is 0 Å². The van der Waals surface area contributed by atoms with Gasteiger partial charge in [-0.2, -0.15) is 0 Å². The van der Waals surface area contributed by atoms with E-state index in [9.17, 15) is 9.59 Å². The fraction of sp³-hybridized carbons (Fsp3) is 0.792. The highest BCUT2D eigenvalue weighted by Crippen LogP contribution is 2.32. The number of H-pyrrole nitrogens is 1. The van der Waals surface area contributed by atoms with E-state index in [1.807, 2.05) is 4.90 Å². The lowest BCUT2D eigenvalue weighted by molar-refractivity contribution is -0.139. The maximum Gasteiger partial charge on any atom is 0.254 e. The molecule has 4 aliphatic rings. The van der Waals surface area contributed by atoms with Gasteiger partial charge in [-0.05, 0) is 57.8 Å². The number of aromatic amines is 1. The minimum atomic E-state index is -0.121. The van der Waals surface area contributed by atoms with E-state index in [0.717, 1.165) is 82.4 Å². The fourth-order valence-electron chi connectivity index (χ4n) is 6.01. The molecule has 2 saturated heterocycles. The van der Waals surface area contributed by atoms with E-state index in [1.165, 1.54) is 25.7 Å². The average molecular weight is 429 g/mol. The second-order valence-corrected chi connectivity index (χ2v) is 9.83. The Balaban J connectivity index is 1.35. The summed E-state index contributed by atoms with van der Waals surface area (Å²) in [5.74, 6) is 0.833. The molecular formula is C24H36N4O3. The number of hydrogen-bond donors (Lipinski definition) is 1. The minimum Gasteiger partial charge on any atom is -0.378 e. The van der Waals surface area contributed by atoms with Gasteiger partial charge >= 0.3 is 0 Å². The molecule has 7 nitrogen and oxygen atoms in total. The minimum absolute atomic E-state index is 0.000316. The highest BCUT2D eigenvalue weighted by Gasteiger charge is 2.33. The van der Waals surface area contributed by atoms with Crippen molar-refractivity contribution in [3.05, 3.63) is 27.4 Å². The van der Waals surface area contributed by atoms with Crippen molar-refractivity contribution < 1.29 is 9.53 Å². The lowest BCUT2D eigenvalue weighted by Crippen LogP contribution is -2.43. The van der Waals surface area contributed by atoms with Crippen LogP contribution in [0.3, 0.4) is 0 Å². The molecule has 31 heavy (non-hydrogen) atoms. The number of fused-ring (bicyclic) bond motifs is 1. The summed E-state index contributed by atoms with van der Waals surface area (Å²) >= 11 is 0. The van der Waals surface area contributed by atoms with E-state index in [0.29, 0.717) is 18.3 Å². The molecule has 170 valence electrons. The Morgan fingerprint density at radius 3 is 2.65 bits per heavy atom. The van der Waals surface area contributed by atoms with E-state index < -0.39 is 0 Å². The van der Waals surface area contributed by atoms with Gasteiger partial charge in [0.25, 0.3) is 5.56 Å². The van der Waals surface area contributed by atoms with E-state index in [2.05, 4.69) is 9.88 Å². The molecule has 0 bridgehead atoms. The van der Waals surface area contributed by atoms with Gasteiger partial charge < -0.3 is 14.6 Å². The first-order valence-electron chi connectivity index (χ1n) is 12.5. The van der Waals surface area contributed by atoms with Crippen molar-refractivity contribution in [2.45, 2.75) is 102 Å². The van der Waals surface area contributed by atoms with Crippen LogP contribution in [0.4, 0.5) is 0 Å². The molecule has 1 aliphatic carbocycles. The molecule has 1 aromatic rings. The molecule has 1 amide bonds. The van der Waals surface area contributed by atoms with Crippen LogP contribution in [0.5, 0.6) is 0 Å². The number of nitrogens with one attached hydrogen (secondary N) is 1. The average Bonchev–Trinajstić information content (AvgIpc) is 3.34. The van der Waals surface area contributed by atoms with Crippen LogP contribution in [-0.4, -0.2) is 57.5 Å². The van der Waals surface area contributed by atoms with Crippen LogP contribution in [-0.2, 0) is 22.5 Å². The van der Waals surface area contributed by atoms with Gasteiger partial charge in [0.1, 0.15) is 5.82 Å². The molecule has 3 fully saturated rings. The van der Waals surface area contributed by atoms with Gasteiger partial charge in [0.2, 0.25) is 5.91 Å². The van der Waals surface area contributed by atoms with Crippen molar-refractivity contribution in [3.63, 3.8) is 0 Å². The topological polar surface area (TPSA) is 78.5 Å². The molecule has 0 spiro atoms. The van der Waals surface area contributed by atoms with Gasteiger partial charge in [0.15, 0.2) is 0 Å². The Morgan fingerprint density at radius 1 is 1.03 bits per heavy atom. The highest BCUT2D eigenvalue weighted by molar-refractivity contribution is 5.77. The Labute approximate surface area is 184 Å². The normalized spacial score (nSPS) is 27.9. The third-order valence-electron chi connectivity index (χ3n) is 7.78. The van der Waals surface area contributed by atoms with Crippen molar-refractivity contribution in [1.29, 1.82) is 0 Å². The Bertz CT molecular complexity index is 842. The van der Waals surface area contributed by atoms with Crippen molar-refractivity contribution in [2.75, 3.05) is 19.7 Å². The summed E-state index contributed by atoms with van der Waals surface area (Å²) in [4.78, 5) is 38.6. The predicted molar refractivity (Wildman–Crippen MR) is 118 cm³/mol. The largest absolute Gasteiger partial charge is 0.378 e. The summed E-state index contributed by atoms with van der Waals surface area (Å²) in [6.45, 7) is 3.23. The van der Waals surface area contributed by atoms with Crippen LogP contribution in [0.1, 0.15) is 93.8 Å². The predicted octanol–water partition coefficient (Wildman–Crippen LogP) is 3.08. The van der Waals surface area contributed by atoms with E-state index in [-0.39, 0.29) is 23.6 Å². The van der Waals surface area contributed by atoms with Gasteiger partial charge in [0, 0.05) is 37.8 Å². The molecule has 2 atom stereocenters. The van der Waals surface area contributed by atoms with Gasteiger partial charge in [-0.15, -0.1) is 0 Å². The Kier molecular flexibility index (Phi) is 6.41. The van der Waals surface area contributed by atoms with Crippen molar-refractivity contribution in [2.24, 2.45) is 0 Å². The standard InChI is InChI=1S/C24H36N4O3/c29-22(15-18-9-4-6-14-31-18)28-12-5-3-10-21(28)23-25-20-16-27(17-7-1-2-8-17)13-11-19(20)24(30)26-23/h17-18,21H,1-16H2,(H,25,26,30)/t18-,21+/m1/s1. The van der Waals surface area contributed by atoms with Gasteiger partial charge in [-0.1, -0.05) is 12.8 Å². The zero-order chi connectivity index (χ0) is 21.2. The van der Waals surface area contributed by atoms with Gasteiger partial charge in [-0.25, -0.2) is 4.98 Å². The Hall–Kier alpha value is -1.73. The lowest BCUT2D eigenvalue weighted by Gasteiger charge is -2.37. The first-order valence-corrected chi connectivity index (χ1v) is 12.5. The third kappa shape index (κ3) is 4.58. The summed E-state index contributed by atoms with van der Waals surface area (Å²) in [7, 11) is 0. The number of nitrogens with zero attached hydrogens (tertiary/aromatic N) is 3. The number of ether oxygens (including phenoxy) is 1. The maximum atomic E-state index is 13.2. The summed E-state index contributed by atoms with van der Waals surface area (Å²) in [5, 5.41) is 0. The molecule has 3 aliphatic heterocycles. The smallest absolute Gasteiger partial charge is 0.254 e. The van der Waals surface area contributed by atoms with Crippen molar-refractivity contribution in [3.8, 4) is 0 Å². The molecule has 0 radical (unpaired) electrons. The number of likely N-dealkylation sites (tertiary alicyclic amines) is 1. The molecule has 1 saturated carbocycles. The van der Waals surface area contributed by atoms with Crippen molar-refractivity contribution in [1.82, 2.24) is 19.8 Å². The Morgan fingerprint density at radius 2 is 1.84 bits per heavy atom. The van der Waals surface area contributed by atoms with Gasteiger partial charge in [-0.3, -0.25) is 14.5 Å². The SMILES string of the molecule is O=C(C[C@H]1CCCCO1)N1CCCC[C@H]1c1nc2c(c(=O)[nH]1)CCN(C1CCCC1)C2. The van der Waals surface area contributed by atoms with E-state index in [4.69, 9.17) is 9.72 Å². The molecule has 0 aromatic carbocycles. The number of carbonyl (C=O) groups excluding carboxylic acids is 1. The van der Waals surface area contributed by atoms with Crippen LogP contribution >= 0.6 is 0 Å². The first-order chi connectivity index (χ1) is 15.2. The van der Waals surface area contributed by atoms with Crippen LogP contribution in [0.15, 0.2) is 4.79 Å². The molecule has 0 unspecified atom stereocenters. The zero-order valence-electron chi connectivity index (χ0n) is 18.6. The van der Waals surface area contributed by atoms with Crippen LogP contribution in [0, 0.1) is 0 Å². The summed E-state index contributed by atoms with van der Waals surface area (Å²) in [6.07, 6.45) is 12.5. The number of rotatable bonds is 4. The third-order valence-corrected chi connectivity index (χ3v) is 7.78. The quantitative estimate of drug-likeness (QED) is 0.797. The molecule has 4 heterocycles. The van der Waals surface area contributed by atoms with E-state index in [1.54, 1.807) is 0 Å². The highest BCUT2D eigenvalue weighted by atomic mass is 16.5. The molecule has 5 rings (SSSR count). The maximum absolute atomic E-state index is 13.2. The lowest BCUT2D eigenvalue weighted by atomic mass is 9.98. The van der Waals surface area contributed by atoms with Crippen molar-refractivity contribution >= 4 is 5.91 Å². The first kappa shape index (κ1) is 21.1. The number of carbonyl (C=O) groups is 1. The van der Waals surface area contributed by atoms with Crippen LogP contribution < -0.4 is 5.56 Å². The van der Waals surface area contributed by atoms with Gasteiger partial charge in [0.05, 0.1) is 24.3 Å². The molecule has 7 heteroatoms. The van der Waals surface area contributed by atoms with Crippen LogP contribution in [0.25, 0.3) is 0 Å². The second-order valence-electron chi connectivity index (χ2n) is 9.83. The zero-order valence-corrected chi connectivity index (χ0v) is 18.6.